The van der Waals surface area contributed by atoms with Crippen molar-refractivity contribution in [3.63, 3.8) is 0 Å². The minimum absolute atomic E-state index is 0.670. The molecule has 6 nitrogen and oxygen atoms in total. The minimum atomic E-state index is 0.670. The van der Waals surface area contributed by atoms with Gasteiger partial charge in [0.25, 0.3) is 0 Å². The molecular weight excluding hydrogens is 290 g/mol. The monoisotopic (exact) mass is 313 g/mol. The predicted molar refractivity (Wildman–Crippen MR) is 86.7 cm³/mol. The van der Waals surface area contributed by atoms with Crippen LogP contribution in [0.4, 0.5) is 0 Å². The zero-order chi connectivity index (χ0) is 15.6. The van der Waals surface area contributed by atoms with Crippen molar-refractivity contribution < 1.29 is 4.74 Å². The van der Waals surface area contributed by atoms with E-state index in [1.807, 2.05) is 0 Å². The Morgan fingerprint density at radius 2 is 2.26 bits per heavy atom. The number of likely N-dealkylation sites (tertiary alicyclic amines) is 1. The van der Waals surface area contributed by atoms with Crippen LogP contribution in [-0.4, -0.2) is 51.8 Å². The van der Waals surface area contributed by atoms with Crippen LogP contribution in [0.25, 0.3) is 11.4 Å². The second-order valence-corrected chi connectivity index (χ2v) is 6.79. The van der Waals surface area contributed by atoms with Crippen molar-refractivity contribution in [3.8, 4) is 11.4 Å². The van der Waals surface area contributed by atoms with Crippen LogP contribution in [0.15, 0.2) is 18.2 Å². The number of aromatic nitrogens is 4. The zero-order valence-electron chi connectivity index (χ0n) is 13.5. The first-order valence-corrected chi connectivity index (χ1v) is 8.43. The lowest BCUT2D eigenvalue weighted by Gasteiger charge is -2.41. The van der Waals surface area contributed by atoms with Gasteiger partial charge in [-0.1, -0.05) is 12.1 Å². The Morgan fingerprint density at radius 1 is 1.30 bits per heavy atom. The van der Waals surface area contributed by atoms with Crippen molar-refractivity contribution in [1.82, 2.24) is 25.5 Å². The van der Waals surface area contributed by atoms with Crippen LogP contribution < -0.4 is 0 Å². The van der Waals surface area contributed by atoms with Gasteiger partial charge < -0.3 is 4.74 Å². The number of nitrogens with one attached hydrogen (secondary N) is 1. The highest BCUT2D eigenvalue weighted by Crippen LogP contribution is 2.31. The molecule has 2 aliphatic rings. The number of tetrazole rings is 1. The van der Waals surface area contributed by atoms with Gasteiger partial charge in [-0.25, -0.2) is 0 Å². The average molecular weight is 313 g/mol. The van der Waals surface area contributed by atoms with E-state index in [4.69, 9.17) is 4.74 Å². The van der Waals surface area contributed by atoms with Crippen molar-refractivity contribution in [2.45, 2.75) is 26.3 Å². The number of benzene rings is 1. The molecule has 2 aliphatic heterocycles. The first-order valence-electron chi connectivity index (χ1n) is 8.43. The Bertz CT molecular complexity index is 657. The summed E-state index contributed by atoms with van der Waals surface area (Å²) < 4.78 is 5.67. The molecule has 122 valence electrons. The van der Waals surface area contributed by atoms with E-state index in [2.05, 4.69) is 50.6 Å². The van der Waals surface area contributed by atoms with Gasteiger partial charge in [-0.3, -0.25) is 4.90 Å². The molecule has 1 aromatic carbocycles. The van der Waals surface area contributed by atoms with Crippen molar-refractivity contribution in [1.29, 1.82) is 0 Å². The van der Waals surface area contributed by atoms with Gasteiger partial charge in [0.1, 0.15) is 0 Å². The number of hydrogen-bond donors (Lipinski definition) is 1. The maximum absolute atomic E-state index is 5.67. The number of fused-ring (bicyclic) bond motifs is 1. The van der Waals surface area contributed by atoms with Crippen LogP contribution in [-0.2, 0) is 11.3 Å². The zero-order valence-corrected chi connectivity index (χ0v) is 13.5. The Hall–Kier alpha value is -1.79. The summed E-state index contributed by atoms with van der Waals surface area (Å²) in [4.78, 5) is 2.56. The van der Waals surface area contributed by atoms with Gasteiger partial charge in [0.05, 0.1) is 6.61 Å². The van der Waals surface area contributed by atoms with Gasteiger partial charge in [-0.2, -0.15) is 5.21 Å². The Labute approximate surface area is 136 Å². The molecule has 3 heterocycles. The van der Waals surface area contributed by atoms with Crippen molar-refractivity contribution in [3.05, 3.63) is 29.3 Å². The first-order chi connectivity index (χ1) is 11.3. The average Bonchev–Trinajstić information content (AvgIpc) is 3.11. The van der Waals surface area contributed by atoms with Crippen LogP contribution in [0, 0.1) is 18.8 Å². The summed E-state index contributed by atoms with van der Waals surface area (Å²) in [7, 11) is 0. The largest absolute Gasteiger partial charge is 0.381 e. The van der Waals surface area contributed by atoms with E-state index in [0.717, 1.165) is 37.8 Å². The maximum Gasteiger partial charge on any atom is 0.204 e. The number of rotatable bonds is 3. The molecule has 6 heteroatoms. The molecule has 0 saturated carbocycles. The highest BCUT2D eigenvalue weighted by atomic mass is 16.5. The summed E-state index contributed by atoms with van der Waals surface area (Å²) in [5.41, 5.74) is 3.55. The van der Waals surface area contributed by atoms with E-state index in [0.29, 0.717) is 11.7 Å². The molecule has 0 spiro atoms. The third-order valence-electron chi connectivity index (χ3n) is 5.23. The van der Waals surface area contributed by atoms with Crippen molar-refractivity contribution >= 4 is 0 Å². The van der Waals surface area contributed by atoms with E-state index >= 15 is 0 Å². The normalized spacial score (nSPS) is 25.3. The molecule has 2 atom stereocenters. The molecule has 0 bridgehead atoms. The molecule has 0 amide bonds. The molecular formula is C17H23N5O. The van der Waals surface area contributed by atoms with Gasteiger partial charge in [0.2, 0.25) is 5.82 Å². The number of ether oxygens (including phenoxy) is 1. The Balaban J connectivity index is 1.48. The van der Waals surface area contributed by atoms with Gasteiger partial charge in [-0.05, 0) is 60.6 Å². The van der Waals surface area contributed by atoms with Gasteiger partial charge >= 0.3 is 0 Å². The molecule has 1 N–H and O–H groups in total. The Kier molecular flexibility index (Phi) is 4.10. The summed E-state index contributed by atoms with van der Waals surface area (Å²) in [6.07, 6.45) is 2.54. The second-order valence-electron chi connectivity index (χ2n) is 6.79. The maximum atomic E-state index is 5.67. The smallest absolute Gasteiger partial charge is 0.204 e. The summed E-state index contributed by atoms with van der Waals surface area (Å²) in [5, 5.41) is 14.4. The summed E-state index contributed by atoms with van der Waals surface area (Å²) in [6.45, 7) is 7.29. The van der Waals surface area contributed by atoms with Gasteiger partial charge in [-0.15, -0.1) is 10.2 Å². The summed E-state index contributed by atoms with van der Waals surface area (Å²) in [6, 6.07) is 6.56. The lowest BCUT2D eigenvalue weighted by atomic mass is 9.82. The lowest BCUT2D eigenvalue weighted by molar-refractivity contribution is -0.0260. The van der Waals surface area contributed by atoms with Crippen LogP contribution in [0.2, 0.25) is 0 Å². The fourth-order valence-corrected chi connectivity index (χ4v) is 3.88. The number of aromatic amines is 1. The quantitative estimate of drug-likeness (QED) is 0.939. The third kappa shape index (κ3) is 3.14. The molecule has 4 rings (SSSR count). The van der Waals surface area contributed by atoms with Gasteiger partial charge in [0, 0.05) is 25.3 Å². The topological polar surface area (TPSA) is 66.9 Å². The van der Waals surface area contributed by atoms with E-state index in [1.165, 1.54) is 30.5 Å². The number of piperidine rings is 1. The second kappa shape index (κ2) is 6.37. The summed E-state index contributed by atoms with van der Waals surface area (Å²) in [5.74, 6) is 2.25. The number of H-pyrrole nitrogens is 1. The third-order valence-corrected chi connectivity index (χ3v) is 5.23. The van der Waals surface area contributed by atoms with Crippen molar-refractivity contribution in [2.75, 3.05) is 26.3 Å². The number of aryl methyl sites for hydroxylation is 1. The summed E-state index contributed by atoms with van der Waals surface area (Å²) >= 11 is 0. The van der Waals surface area contributed by atoms with E-state index < -0.39 is 0 Å². The lowest BCUT2D eigenvalue weighted by Crippen LogP contribution is -2.44. The van der Waals surface area contributed by atoms with Gasteiger partial charge in [0.15, 0.2) is 0 Å². The SMILES string of the molecule is Cc1ccc(CN2CCC3CCOCC3C2)cc1-c1nn[nH]n1. The van der Waals surface area contributed by atoms with Crippen LogP contribution in [0.5, 0.6) is 0 Å². The fourth-order valence-electron chi connectivity index (χ4n) is 3.88. The van der Waals surface area contributed by atoms with Crippen LogP contribution >= 0.6 is 0 Å². The van der Waals surface area contributed by atoms with Crippen LogP contribution in [0.1, 0.15) is 24.0 Å². The highest BCUT2D eigenvalue weighted by molar-refractivity contribution is 5.60. The molecule has 1 aromatic heterocycles. The Morgan fingerprint density at radius 3 is 3.13 bits per heavy atom. The molecule has 0 aliphatic carbocycles. The number of nitrogens with zero attached hydrogens (tertiary/aromatic N) is 4. The molecule has 2 saturated heterocycles. The molecule has 23 heavy (non-hydrogen) atoms. The van der Waals surface area contributed by atoms with Crippen LogP contribution in [0.3, 0.4) is 0 Å². The first kappa shape index (κ1) is 14.8. The molecule has 0 radical (unpaired) electrons. The van der Waals surface area contributed by atoms with E-state index in [1.54, 1.807) is 0 Å². The van der Waals surface area contributed by atoms with E-state index in [9.17, 15) is 0 Å². The molecule has 2 unspecified atom stereocenters. The number of hydrogen-bond acceptors (Lipinski definition) is 5. The standard InChI is InChI=1S/C17H23N5O/c1-12-2-3-13(8-16(12)17-18-20-21-19-17)9-22-6-4-14-5-7-23-11-15(14)10-22/h2-3,8,14-15H,4-7,9-11H2,1H3,(H,18,19,20,21). The molecule has 2 fully saturated rings. The highest BCUT2D eigenvalue weighted by Gasteiger charge is 2.31. The van der Waals surface area contributed by atoms with E-state index in [-0.39, 0.29) is 0 Å². The molecule has 2 aromatic rings. The minimum Gasteiger partial charge on any atom is -0.381 e. The van der Waals surface area contributed by atoms with Crippen molar-refractivity contribution in [2.24, 2.45) is 11.8 Å². The predicted octanol–water partition coefficient (Wildman–Crippen LogP) is 2.03. The fraction of sp³-hybridized carbons (Fsp3) is 0.588.